The van der Waals surface area contributed by atoms with E-state index in [0.29, 0.717) is 31.9 Å². The van der Waals surface area contributed by atoms with Gasteiger partial charge in [0.25, 0.3) is 11.6 Å². The highest BCUT2D eigenvalue weighted by Gasteiger charge is 2.27. The Morgan fingerprint density at radius 1 is 1.00 bits per heavy atom. The average molecular weight is 440 g/mol. The standard InChI is InChI=1S/C22H21N3O3S2/c26-22(18-7-1-4-10-21(18)30-16-17-6-5-15-29-17)24-13-11-23(12-14-24)19-8-2-3-9-20(19)25(27)28/h1-10,15H,11-14,16H2. The third-order valence-corrected chi connectivity index (χ3v) is 7.23. The van der Waals surface area contributed by atoms with Gasteiger partial charge in [0.1, 0.15) is 5.69 Å². The molecule has 1 amide bonds. The zero-order valence-electron chi connectivity index (χ0n) is 16.3. The van der Waals surface area contributed by atoms with E-state index in [-0.39, 0.29) is 16.5 Å². The van der Waals surface area contributed by atoms with Gasteiger partial charge in [-0.2, -0.15) is 0 Å². The SMILES string of the molecule is O=C(c1ccccc1SCc1cccs1)N1CCN(c2ccccc2[N+](=O)[O-])CC1. The van der Waals surface area contributed by atoms with Crippen LogP contribution in [-0.2, 0) is 5.75 Å². The number of nitro groups is 1. The lowest BCUT2D eigenvalue weighted by Gasteiger charge is -2.36. The predicted molar refractivity (Wildman–Crippen MR) is 122 cm³/mol. The number of amides is 1. The highest BCUT2D eigenvalue weighted by atomic mass is 32.2. The highest BCUT2D eigenvalue weighted by molar-refractivity contribution is 7.98. The first-order chi connectivity index (χ1) is 14.6. The molecule has 2 heterocycles. The van der Waals surface area contributed by atoms with Crippen LogP contribution in [0.3, 0.4) is 0 Å². The van der Waals surface area contributed by atoms with Gasteiger partial charge in [-0.25, -0.2) is 0 Å². The monoisotopic (exact) mass is 439 g/mol. The van der Waals surface area contributed by atoms with E-state index in [2.05, 4.69) is 11.4 Å². The van der Waals surface area contributed by atoms with Crippen LogP contribution in [0.2, 0.25) is 0 Å². The number of nitro benzene ring substituents is 1. The van der Waals surface area contributed by atoms with Crippen molar-refractivity contribution in [1.29, 1.82) is 0 Å². The van der Waals surface area contributed by atoms with Gasteiger partial charge in [0, 0.05) is 47.8 Å². The lowest BCUT2D eigenvalue weighted by Crippen LogP contribution is -2.49. The van der Waals surface area contributed by atoms with Gasteiger partial charge < -0.3 is 9.80 Å². The molecule has 154 valence electrons. The zero-order chi connectivity index (χ0) is 20.9. The lowest BCUT2D eigenvalue weighted by atomic mass is 10.1. The number of carbonyl (C=O) groups excluding carboxylic acids is 1. The Bertz CT molecular complexity index is 1030. The Kier molecular flexibility index (Phi) is 6.35. The van der Waals surface area contributed by atoms with Crippen molar-refractivity contribution in [2.75, 3.05) is 31.1 Å². The van der Waals surface area contributed by atoms with E-state index >= 15 is 0 Å². The van der Waals surface area contributed by atoms with Gasteiger partial charge in [-0.3, -0.25) is 14.9 Å². The van der Waals surface area contributed by atoms with Crippen LogP contribution in [0.4, 0.5) is 11.4 Å². The van der Waals surface area contributed by atoms with Crippen LogP contribution in [0.1, 0.15) is 15.2 Å². The Morgan fingerprint density at radius 3 is 2.47 bits per heavy atom. The number of hydrogen-bond acceptors (Lipinski definition) is 6. The molecule has 0 unspecified atom stereocenters. The summed E-state index contributed by atoms with van der Waals surface area (Å²) in [5.41, 5.74) is 1.44. The van der Waals surface area contributed by atoms with E-state index in [0.717, 1.165) is 16.2 Å². The second-order valence-electron chi connectivity index (χ2n) is 6.89. The molecule has 8 heteroatoms. The molecule has 1 aliphatic heterocycles. The Hall–Kier alpha value is -2.84. The van der Waals surface area contributed by atoms with Crippen molar-refractivity contribution in [3.8, 4) is 0 Å². The fraction of sp³-hybridized carbons (Fsp3) is 0.227. The zero-order valence-corrected chi connectivity index (χ0v) is 17.9. The Balaban J connectivity index is 1.43. The van der Waals surface area contributed by atoms with E-state index in [1.807, 2.05) is 40.1 Å². The van der Waals surface area contributed by atoms with Crippen LogP contribution in [0.15, 0.2) is 70.9 Å². The summed E-state index contributed by atoms with van der Waals surface area (Å²) in [5.74, 6) is 0.861. The number of anilines is 1. The van der Waals surface area contributed by atoms with Crippen molar-refractivity contribution < 1.29 is 9.72 Å². The summed E-state index contributed by atoms with van der Waals surface area (Å²) >= 11 is 3.39. The average Bonchev–Trinajstić information content (AvgIpc) is 3.31. The number of nitrogens with zero attached hydrogens (tertiary/aromatic N) is 3. The fourth-order valence-electron chi connectivity index (χ4n) is 3.52. The first-order valence-corrected chi connectivity index (χ1v) is 11.5. The van der Waals surface area contributed by atoms with Crippen LogP contribution >= 0.6 is 23.1 Å². The topological polar surface area (TPSA) is 66.7 Å². The van der Waals surface area contributed by atoms with E-state index in [1.165, 1.54) is 10.9 Å². The number of thioether (sulfide) groups is 1. The Morgan fingerprint density at radius 2 is 1.73 bits per heavy atom. The molecule has 0 N–H and O–H groups in total. The van der Waals surface area contributed by atoms with Crippen molar-refractivity contribution in [2.45, 2.75) is 10.6 Å². The highest BCUT2D eigenvalue weighted by Crippen LogP contribution is 2.31. The molecule has 4 rings (SSSR count). The van der Waals surface area contributed by atoms with Crippen LogP contribution in [0.25, 0.3) is 0 Å². The summed E-state index contributed by atoms with van der Waals surface area (Å²) in [4.78, 5) is 30.2. The predicted octanol–water partition coefficient (Wildman–Crippen LogP) is 4.91. The third-order valence-electron chi connectivity index (χ3n) is 5.05. The van der Waals surface area contributed by atoms with Gasteiger partial charge in [0.2, 0.25) is 0 Å². The number of carbonyl (C=O) groups is 1. The normalized spacial score (nSPS) is 14.0. The minimum atomic E-state index is -0.353. The van der Waals surface area contributed by atoms with E-state index in [9.17, 15) is 14.9 Å². The molecule has 1 aromatic heterocycles. The van der Waals surface area contributed by atoms with E-state index < -0.39 is 0 Å². The minimum absolute atomic E-state index is 0.0199. The van der Waals surface area contributed by atoms with Gasteiger partial charge >= 0.3 is 0 Å². The molecule has 2 aromatic carbocycles. The van der Waals surface area contributed by atoms with E-state index in [1.54, 1.807) is 41.3 Å². The van der Waals surface area contributed by atoms with Crippen LogP contribution in [0.5, 0.6) is 0 Å². The number of para-hydroxylation sites is 2. The maximum absolute atomic E-state index is 13.2. The smallest absolute Gasteiger partial charge is 0.292 e. The molecule has 1 fully saturated rings. The summed E-state index contributed by atoms with van der Waals surface area (Å²) in [6, 6.07) is 18.6. The molecule has 1 saturated heterocycles. The molecule has 3 aromatic rings. The molecule has 0 bridgehead atoms. The lowest BCUT2D eigenvalue weighted by molar-refractivity contribution is -0.384. The van der Waals surface area contributed by atoms with Gasteiger partial charge in [-0.1, -0.05) is 30.3 Å². The molecule has 1 aliphatic rings. The minimum Gasteiger partial charge on any atom is -0.362 e. The number of thiophene rings is 1. The number of piperazine rings is 1. The molecule has 0 spiro atoms. The summed E-state index contributed by atoms with van der Waals surface area (Å²) in [6.45, 7) is 2.21. The maximum Gasteiger partial charge on any atom is 0.292 e. The summed E-state index contributed by atoms with van der Waals surface area (Å²) in [7, 11) is 0. The van der Waals surface area contributed by atoms with Crippen molar-refractivity contribution in [1.82, 2.24) is 4.90 Å². The molecule has 6 nitrogen and oxygen atoms in total. The summed E-state index contributed by atoms with van der Waals surface area (Å²) < 4.78 is 0. The first-order valence-electron chi connectivity index (χ1n) is 9.65. The van der Waals surface area contributed by atoms with Crippen LogP contribution in [-0.4, -0.2) is 41.9 Å². The second kappa shape index (κ2) is 9.32. The fourth-order valence-corrected chi connectivity index (χ4v) is 5.34. The molecule has 30 heavy (non-hydrogen) atoms. The molecule has 0 aliphatic carbocycles. The van der Waals surface area contributed by atoms with Gasteiger partial charge in [-0.05, 0) is 29.6 Å². The largest absolute Gasteiger partial charge is 0.362 e. The molecular formula is C22H21N3O3S2. The number of benzene rings is 2. The van der Waals surface area contributed by atoms with Crippen LogP contribution < -0.4 is 4.90 Å². The third kappa shape index (κ3) is 4.49. The van der Waals surface area contributed by atoms with Gasteiger partial charge in [0.15, 0.2) is 0 Å². The second-order valence-corrected chi connectivity index (χ2v) is 8.94. The van der Waals surface area contributed by atoms with Crippen molar-refractivity contribution in [2.24, 2.45) is 0 Å². The quantitative estimate of drug-likeness (QED) is 0.310. The number of rotatable bonds is 6. The van der Waals surface area contributed by atoms with Crippen molar-refractivity contribution >= 4 is 40.4 Å². The van der Waals surface area contributed by atoms with Crippen molar-refractivity contribution in [3.05, 3.63) is 86.6 Å². The molecule has 0 saturated carbocycles. The van der Waals surface area contributed by atoms with Crippen molar-refractivity contribution in [3.63, 3.8) is 0 Å². The van der Waals surface area contributed by atoms with E-state index in [4.69, 9.17) is 0 Å². The maximum atomic E-state index is 13.2. The molecule has 0 radical (unpaired) electrons. The van der Waals surface area contributed by atoms with Crippen LogP contribution in [0, 0.1) is 10.1 Å². The number of hydrogen-bond donors (Lipinski definition) is 0. The Labute approximate surface area is 183 Å². The summed E-state index contributed by atoms with van der Waals surface area (Å²) in [5, 5.41) is 13.4. The van der Waals surface area contributed by atoms with Gasteiger partial charge in [-0.15, -0.1) is 23.1 Å². The molecule has 0 atom stereocenters. The molecular weight excluding hydrogens is 418 g/mol. The first kappa shape index (κ1) is 20.4. The summed E-state index contributed by atoms with van der Waals surface area (Å²) in [6.07, 6.45) is 0. The van der Waals surface area contributed by atoms with Gasteiger partial charge in [0.05, 0.1) is 10.5 Å².